The van der Waals surface area contributed by atoms with Gasteiger partial charge < -0.3 is 10.0 Å². The molecule has 5 heteroatoms. The summed E-state index contributed by atoms with van der Waals surface area (Å²) in [7, 11) is 0. The largest absolute Gasteiger partial charge is 0.392 e. The van der Waals surface area contributed by atoms with Crippen molar-refractivity contribution >= 4 is 5.91 Å². The van der Waals surface area contributed by atoms with Crippen molar-refractivity contribution in [2.75, 3.05) is 13.1 Å². The number of nitrogens with zero attached hydrogens (tertiary/aromatic N) is 1. The molecule has 3 rings (SSSR count). The van der Waals surface area contributed by atoms with Crippen LogP contribution < -0.4 is 0 Å². The maximum absolute atomic E-state index is 13.3. The lowest BCUT2D eigenvalue weighted by atomic mass is 9.98. The van der Waals surface area contributed by atoms with Crippen molar-refractivity contribution in [3.8, 4) is 0 Å². The number of rotatable bonds is 4. The lowest BCUT2D eigenvalue weighted by Crippen LogP contribution is -2.28. The van der Waals surface area contributed by atoms with Crippen LogP contribution in [0.3, 0.4) is 0 Å². The first-order chi connectivity index (χ1) is 11.5. The number of amides is 1. The van der Waals surface area contributed by atoms with Crippen LogP contribution >= 0.6 is 0 Å². The van der Waals surface area contributed by atoms with Crippen LogP contribution in [-0.4, -0.2) is 29.0 Å². The Labute approximate surface area is 139 Å². The van der Waals surface area contributed by atoms with Gasteiger partial charge in [-0.3, -0.25) is 4.79 Å². The Kier molecular flexibility index (Phi) is 4.90. The molecule has 2 aromatic carbocycles. The van der Waals surface area contributed by atoms with Gasteiger partial charge in [-0.1, -0.05) is 12.1 Å². The Bertz CT molecular complexity index is 710. The van der Waals surface area contributed by atoms with E-state index in [1.54, 1.807) is 29.2 Å². The van der Waals surface area contributed by atoms with E-state index >= 15 is 0 Å². The predicted molar refractivity (Wildman–Crippen MR) is 86.4 cm³/mol. The van der Waals surface area contributed by atoms with Gasteiger partial charge in [0.25, 0.3) is 5.91 Å². The second-order valence-electron chi connectivity index (χ2n) is 6.24. The van der Waals surface area contributed by atoms with Gasteiger partial charge in [-0.15, -0.1) is 0 Å². The maximum atomic E-state index is 13.3. The van der Waals surface area contributed by atoms with Crippen molar-refractivity contribution < 1.29 is 18.7 Å². The average molecular weight is 331 g/mol. The zero-order chi connectivity index (χ0) is 17.1. The minimum absolute atomic E-state index is 0.0487. The number of likely N-dealkylation sites (tertiary alicyclic amines) is 1. The monoisotopic (exact) mass is 331 g/mol. The quantitative estimate of drug-likeness (QED) is 0.935. The lowest BCUT2D eigenvalue weighted by Gasteiger charge is -2.17. The zero-order valence-corrected chi connectivity index (χ0v) is 13.2. The average Bonchev–Trinajstić information content (AvgIpc) is 3.01. The van der Waals surface area contributed by atoms with E-state index in [0.29, 0.717) is 30.6 Å². The number of hydrogen-bond donors (Lipinski definition) is 1. The molecular formula is C19H19F2NO2. The van der Waals surface area contributed by atoms with E-state index in [2.05, 4.69) is 0 Å². The smallest absolute Gasteiger partial charge is 0.253 e. The molecule has 1 aliphatic rings. The maximum Gasteiger partial charge on any atom is 0.253 e. The van der Waals surface area contributed by atoms with Gasteiger partial charge in [-0.25, -0.2) is 8.78 Å². The van der Waals surface area contributed by atoms with Gasteiger partial charge in [-0.2, -0.15) is 0 Å². The number of aliphatic hydroxyl groups excluding tert-OH is 1. The van der Waals surface area contributed by atoms with Crippen molar-refractivity contribution in [2.24, 2.45) is 5.92 Å². The highest BCUT2D eigenvalue weighted by molar-refractivity contribution is 5.94. The highest BCUT2D eigenvalue weighted by atomic mass is 19.1. The molecule has 1 aliphatic heterocycles. The van der Waals surface area contributed by atoms with Crippen molar-refractivity contribution in [2.45, 2.75) is 19.4 Å². The molecule has 1 saturated heterocycles. The summed E-state index contributed by atoms with van der Waals surface area (Å²) in [5.41, 5.74) is 1.97. The molecule has 0 aromatic heterocycles. The molecule has 3 nitrogen and oxygen atoms in total. The number of carbonyl (C=O) groups excluding carboxylic acids is 1. The van der Waals surface area contributed by atoms with E-state index in [0.717, 1.165) is 18.1 Å². The third-order valence-corrected chi connectivity index (χ3v) is 4.40. The third kappa shape index (κ3) is 3.79. The molecule has 1 N–H and O–H groups in total. The topological polar surface area (TPSA) is 40.5 Å². The van der Waals surface area contributed by atoms with E-state index in [9.17, 15) is 13.6 Å². The van der Waals surface area contributed by atoms with Gasteiger partial charge >= 0.3 is 0 Å². The molecule has 0 aliphatic carbocycles. The summed E-state index contributed by atoms with van der Waals surface area (Å²) in [6.45, 7) is 1.17. The molecular weight excluding hydrogens is 312 g/mol. The Hall–Kier alpha value is -2.27. The van der Waals surface area contributed by atoms with Crippen LogP contribution in [0.25, 0.3) is 0 Å². The van der Waals surface area contributed by atoms with Gasteiger partial charge in [0.15, 0.2) is 0 Å². The Morgan fingerprint density at radius 3 is 2.38 bits per heavy atom. The summed E-state index contributed by atoms with van der Waals surface area (Å²) in [4.78, 5) is 14.3. The first-order valence-corrected chi connectivity index (χ1v) is 7.99. The van der Waals surface area contributed by atoms with E-state index in [4.69, 9.17) is 5.11 Å². The van der Waals surface area contributed by atoms with Crippen LogP contribution in [0, 0.1) is 17.6 Å². The highest BCUT2D eigenvalue weighted by Gasteiger charge is 2.27. The van der Waals surface area contributed by atoms with Crippen LogP contribution in [0.15, 0.2) is 42.5 Å². The Balaban J connectivity index is 1.62. The Morgan fingerprint density at radius 2 is 1.75 bits per heavy atom. The fourth-order valence-corrected chi connectivity index (χ4v) is 3.18. The minimum atomic E-state index is -0.570. The molecule has 1 fully saturated rings. The standard InChI is InChI=1S/C19H19F2NO2/c20-17-8-15(9-18(21)10-17)7-14-5-6-22(11-14)19(24)16-3-1-13(12-23)2-4-16/h1-4,8-10,14,23H,5-7,11-12H2. The summed E-state index contributed by atoms with van der Waals surface area (Å²) in [6, 6.07) is 10.4. The van der Waals surface area contributed by atoms with Gasteiger partial charge in [0.2, 0.25) is 0 Å². The zero-order valence-electron chi connectivity index (χ0n) is 13.2. The first-order valence-electron chi connectivity index (χ1n) is 7.99. The van der Waals surface area contributed by atoms with E-state index in [1.165, 1.54) is 12.1 Å². The van der Waals surface area contributed by atoms with Crippen molar-refractivity contribution in [3.05, 3.63) is 70.8 Å². The fraction of sp³-hybridized carbons (Fsp3) is 0.316. The normalized spacial score (nSPS) is 17.3. The summed E-state index contributed by atoms with van der Waals surface area (Å²) >= 11 is 0. The van der Waals surface area contributed by atoms with Crippen LogP contribution in [-0.2, 0) is 13.0 Å². The Morgan fingerprint density at radius 1 is 1.08 bits per heavy atom. The molecule has 2 aromatic rings. The molecule has 0 radical (unpaired) electrons. The summed E-state index contributed by atoms with van der Waals surface area (Å²) in [5, 5.41) is 9.04. The predicted octanol–water partition coefficient (Wildman–Crippen LogP) is 3.16. The number of carbonyl (C=O) groups is 1. The minimum Gasteiger partial charge on any atom is -0.392 e. The van der Waals surface area contributed by atoms with Gasteiger partial charge in [0, 0.05) is 24.7 Å². The van der Waals surface area contributed by atoms with Crippen molar-refractivity contribution in [1.29, 1.82) is 0 Å². The lowest BCUT2D eigenvalue weighted by molar-refractivity contribution is 0.0787. The van der Waals surface area contributed by atoms with Crippen molar-refractivity contribution in [1.82, 2.24) is 4.90 Å². The number of hydrogen-bond acceptors (Lipinski definition) is 2. The number of benzene rings is 2. The fourth-order valence-electron chi connectivity index (χ4n) is 3.18. The second-order valence-corrected chi connectivity index (χ2v) is 6.24. The SMILES string of the molecule is O=C(c1ccc(CO)cc1)N1CCC(Cc2cc(F)cc(F)c2)C1. The highest BCUT2D eigenvalue weighted by Crippen LogP contribution is 2.23. The third-order valence-electron chi connectivity index (χ3n) is 4.40. The molecule has 1 atom stereocenters. The first kappa shape index (κ1) is 16.6. The van der Waals surface area contributed by atoms with Crippen LogP contribution in [0.1, 0.15) is 27.9 Å². The number of halogens is 2. The second kappa shape index (κ2) is 7.09. The van der Waals surface area contributed by atoms with Gasteiger partial charge in [0.1, 0.15) is 11.6 Å². The molecule has 0 bridgehead atoms. The van der Waals surface area contributed by atoms with E-state index in [-0.39, 0.29) is 18.4 Å². The van der Waals surface area contributed by atoms with Crippen LogP contribution in [0.2, 0.25) is 0 Å². The molecule has 24 heavy (non-hydrogen) atoms. The molecule has 126 valence electrons. The number of aliphatic hydroxyl groups is 1. The van der Waals surface area contributed by atoms with Crippen LogP contribution in [0.4, 0.5) is 8.78 Å². The van der Waals surface area contributed by atoms with E-state index in [1.807, 2.05) is 0 Å². The van der Waals surface area contributed by atoms with E-state index < -0.39 is 11.6 Å². The van der Waals surface area contributed by atoms with Crippen molar-refractivity contribution in [3.63, 3.8) is 0 Å². The molecule has 0 spiro atoms. The summed E-state index contributed by atoms with van der Waals surface area (Å²) < 4.78 is 26.5. The molecule has 0 saturated carbocycles. The molecule has 1 amide bonds. The summed E-state index contributed by atoms with van der Waals surface area (Å²) in [5.74, 6) is -0.987. The molecule has 1 unspecified atom stereocenters. The molecule has 1 heterocycles. The van der Waals surface area contributed by atoms with Crippen LogP contribution in [0.5, 0.6) is 0 Å². The van der Waals surface area contributed by atoms with Gasteiger partial charge in [-0.05, 0) is 54.2 Å². The summed E-state index contributed by atoms with van der Waals surface area (Å²) in [6.07, 6.45) is 1.38. The van der Waals surface area contributed by atoms with Gasteiger partial charge in [0.05, 0.1) is 6.61 Å².